The smallest absolute Gasteiger partial charge is 0.407 e. The van der Waals surface area contributed by atoms with Gasteiger partial charge in [0, 0.05) is 22.7 Å². The second-order valence-corrected chi connectivity index (χ2v) is 7.71. The molecule has 1 aliphatic rings. The first-order valence-corrected chi connectivity index (χ1v) is 8.42. The van der Waals surface area contributed by atoms with Crippen molar-refractivity contribution in [2.75, 3.05) is 18.0 Å². The Hall–Kier alpha value is -1.58. The number of nitrogens with one attached hydrogen (secondary N) is 1. The number of rotatable bonds is 3. The number of hydrogen-bond acceptors (Lipinski definition) is 5. The minimum atomic E-state index is -0.544. The molecule has 1 N–H and O–H groups in total. The molecule has 1 aromatic rings. The predicted octanol–water partition coefficient (Wildman–Crippen LogP) is 3.30. The Kier molecular flexibility index (Phi) is 5.33. The summed E-state index contributed by atoms with van der Waals surface area (Å²) in [6.45, 7) is 6.61. The van der Waals surface area contributed by atoms with Crippen LogP contribution in [0.15, 0.2) is 18.2 Å². The molecule has 8 heteroatoms. The number of amides is 1. The lowest BCUT2D eigenvalue weighted by atomic mass is 10.2. The number of anilines is 1. The second-order valence-electron chi connectivity index (χ2n) is 6.47. The number of alkyl carbamates (subject to hydrolysis) is 1. The normalized spacial score (nSPS) is 17.9. The summed E-state index contributed by atoms with van der Waals surface area (Å²) in [5, 5.41) is 14.1. The first-order chi connectivity index (χ1) is 10.7. The van der Waals surface area contributed by atoms with Gasteiger partial charge >= 0.3 is 6.09 Å². The Morgan fingerprint density at radius 2 is 2.17 bits per heavy atom. The third kappa shape index (κ3) is 4.95. The summed E-state index contributed by atoms with van der Waals surface area (Å²) in [6, 6.07) is 5.08. The van der Waals surface area contributed by atoms with Crippen molar-refractivity contribution in [2.45, 2.75) is 38.8 Å². The quantitative estimate of drug-likeness (QED) is 0.449. The van der Waals surface area contributed by atoms with E-state index in [9.17, 15) is 14.9 Å². The van der Waals surface area contributed by atoms with E-state index in [0.29, 0.717) is 18.8 Å². The third-order valence-corrected chi connectivity index (χ3v) is 4.05. The van der Waals surface area contributed by atoms with Crippen molar-refractivity contribution >= 4 is 40.1 Å². The predicted molar refractivity (Wildman–Crippen MR) is 95.8 cm³/mol. The van der Waals surface area contributed by atoms with Gasteiger partial charge < -0.3 is 15.0 Å². The molecule has 0 unspecified atom stereocenters. The van der Waals surface area contributed by atoms with E-state index in [1.54, 1.807) is 12.1 Å². The first kappa shape index (κ1) is 17.8. The molecule has 1 heterocycles. The molecule has 1 saturated heterocycles. The maximum atomic E-state index is 11.8. The van der Waals surface area contributed by atoms with Gasteiger partial charge in [-0.2, -0.15) is 0 Å². The number of nitrogens with zero attached hydrogens (tertiary/aromatic N) is 2. The third-order valence-electron chi connectivity index (χ3n) is 3.38. The van der Waals surface area contributed by atoms with Crippen LogP contribution in [0.1, 0.15) is 27.2 Å². The Morgan fingerprint density at radius 3 is 2.78 bits per heavy atom. The Bertz CT molecular complexity index is 615. The number of hydrogen-bond donors (Lipinski definition) is 1. The Morgan fingerprint density at radius 1 is 1.48 bits per heavy atom. The van der Waals surface area contributed by atoms with E-state index in [1.165, 1.54) is 0 Å². The van der Waals surface area contributed by atoms with E-state index in [0.717, 1.165) is 9.99 Å². The van der Waals surface area contributed by atoms with Crippen LogP contribution in [0.2, 0.25) is 0 Å². The molecule has 0 bridgehead atoms. The van der Waals surface area contributed by atoms with Crippen molar-refractivity contribution in [1.82, 2.24) is 5.32 Å². The van der Waals surface area contributed by atoms with Crippen molar-refractivity contribution in [3.8, 4) is 0 Å². The zero-order valence-electron chi connectivity index (χ0n) is 13.3. The molecule has 1 aliphatic heterocycles. The Labute approximate surface area is 148 Å². The molecule has 0 saturated carbocycles. The Balaban J connectivity index is 2.03. The zero-order chi connectivity index (χ0) is 17.2. The monoisotopic (exact) mass is 433 g/mol. The van der Waals surface area contributed by atoms with Crippen LogP contribution in [0.3, 0.4) is 0 Å². The molecule has 0 aromatic heterocycles. The number of ether oxygens (including phenoxy) is 1. The van der Waals surface area contributed by atoms with Gasteiger partial charge in [-0.1, -0.05) is 0 Å². The molecule has 1 aromatic carbocycles. The van der Waals surface area contributed by atoms with Gasteiger partial charge in [-0.05, 0) is 61.9 Å². The van der Waals surface area contributed by atoms with Gasteiger partial charge in [0.25, 0.3) is 5.69 Å². The lowest BCUT2D eigenvalue weighted by molar-refractivity contribution is -0.384. The number of benzene rings is 1. The van der Waals surface area contributed by atoms with Gasteiger partial charge in [0.15, 0.2) is 0 Å². The van der Waals surface area contributed by atoms with E-state index >= 15 is 0 Å². The lowest BCUT2D eigenvalue weighted by Gasteiger charge is -2.22. The van der Waals surface area contributed by atoms with E-state index in [2.05, 4.69) is 27.9 Å². The van der Waals surface area contributed by atoms with E-state index in [1.807, 2.05) is 31.7 Å². The highest BCUT2D eigenvalue weighted by Gasteiger charge is 2.29. The number of nitro groups is 1. The molecule has 0 radical (unpaired) electrons. The molecule has 126 valence electrons. The van der Waals surface area contributed by atoms with Crippen molar-refractivity contribution in [1.29, 1.82) is 0 Å². The van der Waals surface area contributed by atoms with Gasteiger partial charge in [0.05, 0.1) is 11.0 Å². The van der Waals surface area contributed by atoms with Crippen LogP contribution < -0.4 is 10.2 Å². The summed E-state index contributed by atoms with van der Waals surface area (Å²) in [4.78, 5) is 24.6. The average molecular weight is 433 g/mol. The van der Waals surface area contributed by atoms with Crippen molar-refractivity contribution in [2.24, 2.45) is 0 Å². The minimum Gasteiger partial charge on any atom is -0.444 e. The fourth-order valence-corrected chi connectivity index (χ4v) is 2.96. The molecule has 0 spiro atoms. The number of carbonyl (C=O) groups is 1. The molecule has 1 amide bonds. The lowest BCUT2D eigenvalue weighted by Crippen LogP contribution is -2.40. The fourth-order valence-electron chi connectivity index (χ4n) is 2.48. The molecule has 1 fully saturated rings. The van der Waals surface area contributed by atoms with Crippen LogP contribution >= 0.6 is 22.6 Å². The summed E-state index contributed by atoms with van der Waals surface area (Å²) in [5.74, 6) is 0. The highest BCUT2D eigenvalue weighted by molar-refractivity contribution is 14.1. The van der Waals surface area contributed by atoms with Gasteiger partial charge in [-0.3, -0.25) is 10.1 Å². The van der Waals surface area contributed by atoms with E-state index in [-0.39, 0.29) is 16.7 Å². The summed E-state index contributed by atoms with van der Waals surface area (Å²) >= 11 is 2.05. The van der Waals surface area contributed by atoms with Crippen LogP contribution in [0.5, 0.6) is 0 Å². The molecule has 7 nitrogen and oxygen atoms in total. The van der Waals surface area contributed by atoms with Crippen molar-refractivity contribution in [3.63, 3.8) is 0 Å². The first-order valence-electron chi connectivity index (χ1n) is 7.34. The van der Waals surface area contributed by atoms with Crippen molar-refractivity contribution in [3.05, 3.63) is 31.9 Å². The maximum Gasteiger partial charge on any atom is 0.407 e. The fraction of sp³-hybridized carbons (Fsp3) is 0.533. The molecule has 1 atom stereocenters. The number of halogens is 1. The number of carbonyl (C=O) groups excluding carboxylic acids is 1. The van der Waals surface area contributed by atoms with Gasteiger partial charge in [0.1, 0.15) is 11.3 Å². The zero-order valence-corrected chi connectivity index (χ0v) is 15.5. The minimum absolute atomic E-state index is 0.0799. The summed E-state index contributed by atoms with van der Waals surface area (Å²) in [5.41, 5.74) is 0.135. The van der Waals surface area contributed by atoms with Gasteiger partial charge in [-0.25, -0.2) is 4.79 Å². The highest BCUT2D eigenvalue weighted by atomic mass is 127. The van der Waals surface area contributed by atoms with Crippen LogP contribution in [0, 0.1) is 13.7 Å². The van der Waals surface area contributed by atoms with Crippen molar-refractivity contribution < 1.29 is 14.5 Å². The van der Waals surface area contributed by atoms with E-state index < -0.39 is 11.7 Å². The average Bonchev–Trinajstić information content (AvgIpc) is 2.84. The maximum absolute atomic E-state index is 11.8. The molecule has 2 rings (SSSR count). The highest BCUT2D eigenvalue weighted by Crippen LogP contribution is 2.32. The van der Waals surface area contributed by atoms with Crippen LogP contribution in [-0.2, 0) is 4.74 Å². The topological polar surface area (TPSA) is 84.7 Å². The van der Waals surface area contributed by atoms with Gasteiger partial charge in [-0.15, -0.1) is 0 Å². The van der Waals surface area contributed by atoms with Crippen LogP contribution in [0.4, 0.5) is 16.2 Å². The largest absolute Gasteiger partial charge is 0.444 e. The SMILES string of the molecule is CC(C)(C)OC(=O)N[C@H]1CCN(c2ccc(I)cc2[N+](=O)[O-])C1. The standard InChI is InChI=1S/C15H20IN3O4/c1-15(2,3)23-14(20)17-11-6-7-18(9-11)12-5-4-10(16)8-13(12)19(21)22/h4-5,8,11H,6-7,9H2,1-3H3,(H,17,20)/t11-/m0/s1. The molecular weight excluding hydrogens is 413 g/mol. The van der Waals surface area contributed by atoms with Crippen LogP contribution in [-0.4, -0.2) is 35.7 Å². The molecule has 0 aliphatic carbocycles. The summed E-state index contributed by atoms with van der Waals surface area (Å²) in [6.07, 6.45) is 0.268. The van der Waals surface area contributed by atoms with E-state index in [4.69, 9.17) is 4.74 Å². The molecule has 23 heavy (non-hydrogen) atoms. The summed E-state index contributed by atoms with van der Waals surface area (Å²) in [7, 11) is 0. The van der Waals surface area contributed by atoms with Gasteiger partial charge in [0.2, 0.25) is 0 Å². The summed E-state index contributed by atoms with van der Waals surface area (Å²) < 4.78 is 6.06. The second kappa shape index (κ2) is 6.90. The number of nitro benzene ring substituents is 1. The molecular formula is C15H20IN3O4. The van der Waals surface area contributed by atoms with Crippen LogP contribution in [0.25, 0.3) is 0 Å².